The van der Waals surface area contributed by atoms with Crippen molar-refractivity contribution in [1.82, 2.24) is 14.9 Å². The average molecular weight is 445 g/mol. The maximum atomic E-state index is 13.6. The maximum absolute atomic E-state index is 13.6. The van der Waals surface area contributed by atoms with E-state index in [0.29, 0.717) is 18.9 Å². The highest BCUT2D eigenvalue weighted by Crippen LogP contribution is 2.37. The predicted molar refractivity (Wildman–Crippen MR) is 126 cm³/mol. The molecule has 168 valence electrons. The Kier molecular flexibility index (Phi) is 5.90. The van der Waals surface area contributed by atoms with Gasteiger partial charge in [0.05, 0.1) is 24.9 Å². The molecule has 4 aromatic rings. The lowest BCUT2D eigenvalue weighted by Gasteiger charge is -2.34. The lowest BCUT2D eigenvalue weighted by Crippen LogP contribution is -2.40. The number of H-pyrrole nitrogens is 1. The molecular weight excluding hydrogens is 419 g/mol. The number of ether oxygens (including phenoxy) is 1. The van der Waals surface area contributed by atoms with Crippen molar-refractivity contribution in [3.63, 3.8) is 0 Å². The van der Waals surface area contributed by atoms with Crippen LogP contribution in [0, 0.1) is 12.7 Å². The van der Waals surface area contributed by atoms with E-state index in [-0.39, 0.29) is 17.5 Å². The average Bonchev–Trinajstić information content (AvgIpc) is 3.16. The molecule has 1 aliphatic heterocycles. The quantitative estimate of drug-likeness (QED) is 0.469. The number of amides is 1. The number of aryl methyl sites for hydroxylation is 1. The molecule has 1 aliphatic rings. The minimum absolute atomic E-state index is 0.0435. The maximum Gasteiger partial charge on any atom is 0.255 e. The lowest BCUT2D eigenvalue weighted by molar-refractivity contribution is 0.0234. The van der Waals surface area contributed by atoms with Crippen molar-refractivity contribution in [3.05, 3.63) is 95.2 Å². The summed E-state index contributed by atoms with van der Waals surface area (Å²) in [5, 5.41) is 3.92. The van der Waals surface area contributed by atoms with Crippen LogP contribution in [0.5, 0.6) is 0 Å². The Morgan fingerprint density at radius 3 is 2.73 bits per heavy atom. The number of aromatic amines is 1. The first-order valence-corrected chi connectivity index (χ1v) is 11.0. The summed E-state index contributed by atoms with van der Waals surface area (Å²) in [6.45, 7) is 5.04. The number of hydrogen-bond donors (Lipinski definition) is 2. The van der Waals surface area contributed by atoms with Crippen LogP contribution < -0.4 is 5.32 Å². The Bertz CT molecular complexity index is 1280. The molecule has 0 unspecified atom stereocenters. The fraction of sp³-hybridized carbons (Fsp3) is 0.231. The highest BCUT2D eigenvalue weighted by Gasteiger charge is 2.29. The molecule has 33 heavy (non-hydrogen) atoms. The van der Waals surface area contributed by atoms with Gasteiger partial charge in [0, 0.05) is 52.7 Å². The van der Waals surface area contributed by atoms with Gasteiger partial charge in [-0.05, 0) is 55.5 Å². The number of nitrogens with zero attached hydrogens (tertiary/aromatic N) is 2. The van der Waals surface area contributed by atoms with E-state index >= 15 is 0 Å². The van der Waals surface area contributed by atoms with E-state index < -0.39 is 5.82 Å². The second-order valence-corrected chi connectivity index (χ2v) is 8.19. The standard InChI is InChI=1S/C26H25FN4O2/c1-17-24(25(23-7-2-3-10-28-23)31-11-13-33-14-12-31)21-16-20(8-9-22(21)29-17)30-26(32)18-5-4-6-19(27)15-18/h2-10,15-16,25,29H,11-14H2,1H3,(H,30,32)/t25-/m1/s1. The van der Waals surface area contributed by atoms with Crippen molar-refractivity contribution in [2.45, 2.75) is 13.0 Å². The first-order chi connectivity index (χ1) is 16.1. The molecule has 5 rings (SSSR count). The number of anilines is 1. The predicted octanol–water partition coefficient (Wildman–Crippen LogP) is 4.68. The Hall–Kier alpha value is -3.55. The third-order valence-corrected chi connectivity index (χ3v) is 6.03. The van der Waals surface area contributed by atoms with Gasteiger partial charge in [-0.25, -0.2) is 4.39 Å². The number of aromatic nitrogens is 2. The third kappa shape index (κ3) is 4.37. The molecule has 1 fully saturated rings. The minimum Gasteiger partial charge on any atom is -0.379 e. The molecule has 2 aromatic carbocycles. The monoisotopic (exact) mass is 444 g/mol. The molecule has 1 atom stereocenters. The summed E-state index contributed by atoms with van der Waals surface area (Å²) in [6, 6.07) is 17.4. The van der Waals surface area contributed by atoms with Crippen LogP contribution in [0.2, 0.25) is 0 Å². The second-order valence-electron chi connectivity index (χ2n) is 8.19. The van der Waals surface area contributed by atoms with Crippen LogP contribution in [-0.4, -0.2) is 47.1 Å². The third-order valence-electron chi connectivity index (χ3n) is 6.03. The van der Waals surface area contributed by atoms with E-state index in [9.17, 15) is 9.18 Å². The topological polar surface area (TPSA) is 70.2 Å². The number of nitrogens with one attached hydrogen (secondary N) is 2. The molecule has 7 heteroatoms. The summed E-state index contributed by atoms with van der Waals surface area (Å²) in [6.07, 6.45) is 1.82. The molecule has 1 amide bonds. The highest BCUT2D eigenvalue weighted by molar-refractivity contribution is 6.05. The molecule has 2 N–H and O–H groups in total. The van der Waals surface area contributed by atoms with Crippen molar-refractivity contribution >= 4 is 22.5 Å². The largest absolute Gasteiger partial charge is 0.379 e. The van der Waals surface area contributed by atoms with Gasteiger partial charge in [0.25, 0.3) is 5.91 Å². The Morgan fingerprint density at radius 1 is 1.12 bits per heavy atom. The molecule has 0 spiro atoms. The van der Waals surface area contributed by atoms with Crippen LogP contribution >= 0.6 is 0 Å². The van der Waals surface area contributed by atoms with Crippen LogP contribution in [0.15, 0.2) is 66.9 Å². The number of halogens is 1. The van der Waals surface area contributed by atoms with Crippen molar-refractivity contribution < 1.29 is 13.9 Å². The van der Waals surface area contributed by atoms with Crippen LogP contribution in [-0.2, 0) is 4.74 Å². The molecule has 6 nitrogen and oxygen atoms in total. The number of carbonyl (C=O) groups excluding carboxylic acids is 1. The van der Waals surface area contributed by atoms with E-state index in [4.69, 9.17) is 4.74 Å². The zero-order valence-electron chi connectivity index (χ0n) is 18.3. The van der Waals surface area contributed by atoms with Crippen molar-refractivity contribution in [2.75, 3.05) is 31.6 Å². The fourth-order valence-corrected chi connectivity index (χ4v) is 4.50. The van der Waals surface area contributed by atoms with Gasteiger partial charge in [-0.2, -0.15) is 0 Å². The minimum atomic E-state index is -0.439. The number of rotatable bonds is 5. The molecule has 0 radical (unpaired) electrons. The Labute approximate surface area is 191 Å². The summed E-state index contributed by atoms with van der Waals surface area (Å²) < 4.78 is 19.1. The van der Waals surface area contributed by atoms with Gasteiger partial charge < -0.3 is 15.0 Å². The SMILES string of the molecule is Cc1[nH]c2ccc(NC(=O)c3cccc(F)c3)cc2c1[C@@H](c1ccccn1)N1CCOCC1. The summed E-state index contributed by atoms with van der Waals surface area (Å²) >= 11 is 0. The Morgan fingerprint density at radius 2 is 1.97 bits per heavy atom. The molecule has 0 aliphatic carbocycles. The van der Waals surface area contributed by atoms with Crippen LogP contribution in [0.1, 0.15) is 33.4 Å². The molecule has 0 bridgehead atoms. The number of fused-ring (bicyclic) bond motifs is 1. The van der Waals surface area contributed by atoms with Gasteiger partial charge in [-0.3, -0.25) is 14.7 Å². The van der Waals surface area contributed by atoms with E-state index in [0.717, 1.165) is 40.9 Å². The van der Waals surface area contributed by atoms with Gasteiger partial charge in [0.2, 0.25) is 0 Å². The number of benzene rings is 2. The normalized spacial score (nSPS) is 15.5. The molecule has 1 saturated heterocycles. The van der Waals surface area contributed by atoms with Crippen molar-refractivity contribution in [1.29, 1.82) is 0 Å². The van der Waals surface area contributed by atoms with Crippen molar-refractivity contribution in [2.24, 2.45) is 0 Å². The van der Waals surface area contributed by atoms with Gasteiger partial charge in [-0.15, -0.1) is 0 Å². The summed E-state index contributed by atoms with van der Waals surface area (Å²) in [5.41, 5.74) is 5.07. The highest BCUT2D eigenvalue weighted by atomic mass is 19.1. The summed E-state index contributed by atoms with van der Waals surface area (Å²) in [4.78, 5) is 23.2. The first-order valence-electron chi connectivity index (χ1n) is 11.0. The molecule has 2 aromatic heterocycles. The van der Waals surface area contributed by atoms with Gasteiger partial charge in [-0.1, -0.05) is 12.1 Å². The van der Waals surface area contributed by atoms with Gasteiger partial charge in [0.1, 0.15) is 5.82 Å². The second kappa shape index (κ2) is 9.13. The zero-order valence-corrected chi connectivity index (χ0v) is 18.3. The van der Waals surface area contributed by atoms with Crippen LogP contribution in [0.3, 0.4) is 0 Å². The summed E-state index contributed by atoms with van der Waals surface area (Å²) in [5.74, 6) is -0.789. The van der Waals surface area contributed by atoms with Gasteiger partial charge in [0.15, 0.2) is 0 Å². The van der Waals surface area contributed by atoms with Crippen molar-refractivity contribution in [3.8, 4) is 0 Å². The van der Waals surface area contributed by atoms with E-state index in [1.54, 1.807) is 6.07 Å². The van der Waals surface area contributed by atoms with Crippen LogP contribution in [0.25, 0.3) is 10.9 Å². The van der Waals surface area contributed by atoms with Crippen LogP contribution in [0.4, 0.5) is 10.1 Å². The number of morpholine rings is 1. The van der Waals surface area contributed by atoms with E-state index in [1.165, 1.54) is 18.2 Å². The molecular formula is C26H25FN4O2. The number of pyridine rings is 1. The number of hydrogen-bond acceptors (Lipinski definition) is 4. The zero-order chi connectivity index (χ0) is 22.8. The van der Waals surface area contributed by atoms with E-state index in [1.807, 2.05) is 42.6 Å². The first kappa shape index (κ1) is 21.3. The lowest BCUT2D eigenvalue weighted by atomic mass is 9.97. The smallest absolute Gasteiger partial charge is 0.255 e. The summed E-state index contributed by atoms with van der Waals surface area (Å²) in [7, 11) is 0. The van der Waals surface area contributed by atoms with Gasteiger partial charge >= 0.3 is 0 Å². The fourth-order valence-electron chi connectivity index (χ4n) is 4.50. The molecule has 3 heterocycles. The number of carbonyl (C=O) groups is 1. The van der Waals surface area contributed by atoms with E-state index in [2.05, 4.69) is 27.1 Å². The Balaban J connectivity index is 1.55. The molecule has 0 saturated carbocycles.